The summed E-state index contributed by atoms with van der Waals surface area (Å²) in [5, 5.41) is 7.55. The van der Waals surface area contributed by atoms with Gasteiger partial charge in [-0.3, -0.25) is 0 Å². The molecule has 0 heterocycles. The predicted molar refractivity (Wildman–Crippen MR) is 138 cm³/mol. The standard InChI is InChI=1S/C28H29PSi/c1-3-30(4-2,26-20-12-7-13-21-26)28-23-15-14-22-27(28)29(24-16-8-5-9-17-24)25-18-10-6-11-19-25/h5-23H,3-4H2,1-2H3. The van der Waals surface area contributed by atoms with Crippen LogP contribution in [-0.4, -0.2) is 8.07 Å². The SMILES string of the molecule is CC[Si](CC)(c1ccccc1)c1ccccc1P(c1ccccc1)c1ccccc1. The van der Waals surface area contributed by atoms with E-state index in [-0.39, 0.29) is 0 Å². The van der Waals surface area contributed by atoms with Crippen LogP contribution in [0, 0.1) is 0 Å². The lowest BCUT2D eigenvalue weighted by molar-refractivity contribution is 1.29. The summed E-state index contributed by atoms with van der Waals surface area (Å²) in [6, 6.07) is 45.2. The summed E-state index contributed by atoms with van der Waals surface area (Å²) in [7, 11) is -2.45. The minimum atomic E-state index is -1.85. The fraction of sp³-hybridized carbons (Fsp3) is 0.143. The number of hydrogen-bond acceptors (Lipinski definition) is 0. The highest BCUT2D eigenvalue weighted by atomic mass is 31.1. The van der Waals surface area contributed by atoms with Gasteiger partial charge in [-0.25, -0.2) is 0 Å². The van der Waals surface area contributed by atoms with E-state index in [4.69, 9.17) is 0 Å². The second-order valence-corrected chi connectivity index (χ2v) is 14.6. The predicted octanol–water partition coefficient (Wildman–Crippen LogP) is 5.05. The molecule has 0 N–H and O–H groups in total. The molecule has 0 atom stereocenters. The Morgan fingerprint density at radius 1 is 0.533 bits per heavy atom. The molecule has 0 unspecified atom stereocenters. The van der Waals surface area contributed by atoms with Crippen LogP contribution in [0.1, 0.15) is 13.8 Å². The van der Waals surface area contributed by atoms with Crippen molar-refractivity contribution in [1.29, 1.82) is 0 Å². The van der Waals surface area contributed by atoms with Crippen molar-refractivity contribution < 1.29 is 0 Å². The van der Waals surface area contributed by atoms with Crippen molar-refractivity contribution in [2.75, 3.05) is 0 Å². The maximum absolute atomic E-state index is 2.43. The van der Waals surface area contributed by atoms with Gasteiger partial charge in [-0.2, -0.15) is 0 Å². The molecule has 0 aliphatic heterocycles. The minimum Gasteiger partial charge on any atom is -0.0672 e. The molecule has 0 nitrogen and oxygen atoms in total. The van der Waals surface area contributed by atoms with Gasteiger partial charge in [0.25, 0.3) is 0 Å². The van der Waals surface area contributed by atoms with Gasteiger partial charge >= 0.3 is 0 Å². The molecule has 4 aromatic carbocycles. The minimum absolute atomic E-state index is 0.598. The van der Waals surface area contributed by atoms with Gasteiger partial charge in [0.1, 0.15) is 8.07 Å². The Labute approximate surface area is 183 Å². The van der Waals surface area contributed by atoms with E-state index >= 15 is 0 Å². The smallest absolute Gasteiger partial charge is 0.0672 e. The Hall–Kier alpha value is -2.47. The third-order valence-corrected chi connectivity index (χ3v) is 14.3. The molecule has 0 radical (unpaired) electrons. The normalized spacial score (nSPS) is 11.6. The zero-order chi connectivity index (χ0) is 20.8. The van der Waals surface area contributed by atoms with E-state index in [1.54, 1.807) is 10.4 Å². The first-order valence-electron chi connectivity index (χ1n) is 10.9. The zero-order valence-corrected chi connectivity index (χ0v) is 19.7. The van der Waals surface area contributed by atoms with Crippen LogP contribution < -0.4 is 26.3 Å². The maximum Gasteiger partial charge on any atom is 0.118 e. The fourth-order valence-electron chi connectivity index (χ4n) is 4.61. The first kappa shape index (κ1) is 20.8. The quantitative estimate of drug-likeness (QED) is 0.288. The molecule has 0 aliphatic carbocycles. The van der Waals surface area contributed by atoms with Crippen molar-refractivity contribution in [2.45, 2.75) is 25.9 Å². The third-order valence-electron chi connectivity index (χ3n) is 6.22. The van der Waals surface area contributed by atoms with Crippen molar-refractivity contribution in [3.63, 3.8) is 0 Å². The molecule has 0 aromatic heterocycles. The summed E-state index contributed by atoms with van der Waals surface area (Å²) < 4.78 is 0. The average Bonchev–Trinajstić information content (AvgIpc) is 2.83. The van der Waals surface area contributed by atoms with E-state index in [2.05, 4.69) is 129 Å². The highest BCUT2D eigenvalue weighted by molar-refractivity contribution is 7.80. The number of rotatable bonds is 7. The van der Waals surface area contributed by atoms with Gasteiger partial charge in [0.2, 0.25) is 0 Å². The number of hydrogen-bond donors (Lipinski definition) is 0. The molecule has 2 heteroatoms. The van der Waals surface area contributed by atoms with Crippen molar-refractivity contribution in [1.82, 2.24) is 0 Å². The molecule has 0 aliphatic rings. The Morgan fingerprint density at radius 2 is 0.967 bits per heavy atom. The van der Waals surface area contributed by atoms with Gasteiger partial charge < -0.3 is 0 Å². The molecule has 0 saturated carbocycles. The van der Waals surface area contributed by atoms with Crippen molar-refractivity contribution in [2.24, 2.45) is 0 Å². The number of benzene rings is 4. The summed E-state index contributed by atoms with van der Waals surface area (Å²) in [4.78, 5) is 0. The van der Waals surface area contributed by atoms with E-state index in [1.807, 2.05) is 0 Å². The van der Waals surface area contributed by atoms with Crippen molar-refractivity contribution >= 4 is 42.3 Å². The summed E-state index contributed by atoms with van der Waals surface area (Å²) >= 11 is 0. The Kier molecular flexibility index (Phi) is 6.62. The molecule has 0 amide bonds. The average molecular weight is 425 g/mol. The van der Waals surface area contributed by atoms with E-state index in [9.17, 15) is 0 Å². The Balaban J connectivity index is 1.97. The van der Waals surface area contributed by atoms with Gasteiger partial charge in [0.15, 0.2) is 0 Å². The first-order chi connectivity index (χ1) is 14.8. The summed E-state index contributed by atoms with van der Waals surface area (Å²) in [5.41, 5.74) is 0. The van der Waals surface area contributed by atoms with E-state index in [1.165, 1.54) is 28.0 Å². The van der Waals surface area contributed by atoms with Crippen LogP contribution in [0.15, 0.2) is 115 Å². The van der Waals surface area contributed by atoms with Crippen LogP contribution in [0.3, 0.4) is 0 Å². The zero-order valence-electron chi connectivity index (χ0n) is 17.8. The lowest BCUT2D eigenvalue weighted by atomic mass is 10.3. The second kappa shape index (κ2) is 9.56. The second-order valence-electron chi connectivity index (χ2n) is 7.68. The van der Waals surface area contributed by atoms with E-state index in [0.29, 0.717) is 0 Å². The third kappa shape index (κ3) is 3.93. The van der Waals surface area contributed by atoms with E-state index < -0.39 is 16.0 Å². The maximum atomic E-state index is 2.43. The topological polar surface area (TPSA) is 0 Å². The lowest BCUT2D eigenvalue weighted by Crippen LogP contribution is -2.61. The summed E-state index contributed by atoms with van der Waals surface area (Å²) in [6.07, 6.45) is 0. The first-order valence-corrected chi connectivity index (χ1v) is 14.6. The van der Waals surface area contributed by atoms with Crippen LogP contribution in [0.25, 0.3) is 0 Å². The van der Waals surface area contributed by atoms with Crippen molar-refractivity contribution in [3.8, 4) is 0 Å². The van der Waals surface area contributed by atoms with Gasteiger partial charge in [-0.05, 0) is 29.0 Å². The highest BCUT2D eigenvalue weighted by Crippen LogP contribution is 2.33. The summed E-state index contributed by atoms with van der Waals surface area (Å²) in [5.74, 6) is 0. The molecule has 0 fully saturated rings. The van der Waals surface area contributed by atoms with E-state index in [0.717, 1.165) is 0 Å². The molecule has 4 aromatic rings. The summed E-state index contributed by atoms with van der Waals surface area (Å²) in [6.45, 7) is 4.79. The monoisotopic (exact) mass is 424 g/mol. The Bertz CT molecular complexity index is 1020. The van der Waals surface area contributed by atoms with Crippen LogP contribution in [0.2, 0.25) is 12.1 Å². The molecular formula is C28H29PSi. The molecule has 30 heavy (non-hydrogen) atoms. The van der Waals surface area contributed by atoms with Gasteiger partial charge in [-0.15, -0.1) is 0 Å². The van der Waals surface area contributed by atoms with Gasteiger partial charge in [0.05, 0.1) is 0 Å². The van der Waals surface area contributed by atoms with Crippen LogP contribution >= 0.6 is 7.92 Å². The molecular weight excluding hydrogens is 395 g/mol. The van der Waals surface area contributed by atoms with Crippen LogP contribution in [0.4, 0.5) is 0 Å². The molecule has 0 saturated heterocycles. The lowest BCUT2D eigenvalue weighted by Gasteiger charge is -2.35. The molecule has 0 spiro atoms. The van der Waals surface area contributed by atoms with Crippen molar-refractivity contribution in [3.05, 3.63) is 115 Å². The van der Waals surface area contributed by atoms with Crippen LogP contribution in [0.5, 0.6) is 0 Å². The van der Waals surface area contributed by atoms with Crippen LogP contribution in [-0.2, 0) is 0 Å². The van der Waals surface area contributed by atoms with Gasteiger partial charge in [0, 0.05) is 0 Å². The largest absolute Gasteiger partial charge is 0.118 e. The van der Waals surface area contributed by atoms with Gasteiger partial charge in [-0.1, -0.05) is 146 Å². The molecule has 150 valence electrons. The Morgan fingerprint density at radius 3 is 1.47 bits per heavy atom. The molecule has 4 rings (SSSR count). The highest BCUT2D eigenvalue weighted by Gasteiger charge is 2.36. The molecule has 0 bridgehead atoms. The fourth-order valence-corrected chi connectivity index (χ4v) is 12.1.